The fourth-order valence-electron chi connectivity index (χ4n) is 3.32. The van der Waals surface area contributed by atoms with E-state index in [-0.39, 0.29) is 5.25 Å². The van der Waals surface area contributed by atoms with E-state index in [0.29, 0.717) is 30.9 Å². The lowest BCUT2D eigenvalue weighted by atomic mass is 10.0. The lowest BCUT2D eigenvalue weighted by molar-refractivity contribution is 0.285. The molecule has 0 bridgehead atoms. The number of nitrogens with zero attached hydrogens (tertiary/aromatic N) is 5. The second-order valence-electron chi connectivity index (χ2n) is 7.97. The number of allylic oxidation sites excluding steroid dienone is 1. The van der Waals surface area contributed by atoms with Crippen LogP contribution in [0.1, 0.15) is 54.8 Å². The van der Waals surface area contributed by atoms with E-state index in [2.05, 4.69) is 65.9 Å². The Balaban J connectivity index is 1.50. The van der Waals surface area contributed by atoms with Crippen molar-refractivity contribution in [3.8, 4) is 16.5 Å². The summed E-state index contributed by atoms with van der Waals surface area (Å²) in [6, 6.07) is 10.2. The minimum Gasteiger partial charge on any atom is -0.485 e. The third-order valence-corrected chi connectivity index (χ3v) is 6.98. The van der Waals surface area contributed by atoms with Crippen LogP contribution in [-0.2, 0) is 13.2 Å². The highest BCUT2D eigenvalue weighted by Crippen LogP contribution is 2.35. The molecule has 4 aromatic rings. The summed E-state index contributed by atoms with van der Waals surface area (Å²) in [6.45, 7) is 13.2. The molecule has 1 unspecified atom stereocenters. The molecule has 0 aliphatic heterocycles. The molecule has 0 aliphatic carbocycles. The van der Waals surface area contributed by atoms with Gasteiger partial charge in [0.25, 0.3) is 5.89 Å². The standard InChI is InChI=1S/C24H27N5O2S2/c1-6-11-29-21(14-30-19-13-16(4)9-10-18(19)15(2)3)25-28-24(29)33-17(5)22-26-27-23(31-22)20-8-7-12-32-20/h6-10,12-13,15,17H,1,11,14H2,2-5H3. The summed E-state index contributed by atoms with van der Waals surface area (Å²) >= 11 is 3.09. The second kappa shape index (κ2) is 10.4. The van der Waals surface area contributed by atoms with Crippen molar-refractivity contribution in [3.05, 3.63) is 71.2 Å². The Bertz CT molecular complexity index is 1210. The maximum absolute atomic E-state index is 6.19. The van der Waals surface area contributed by atoms with Crippen LogP contribution in [0.2, 0.25) is 0 Å². The smallest absolute Gasteiger partial charge is 0.257 e. The highest BCUT2D eigenvalue weighted by Gasteiger charge is 2.21. The molecule has 0 aliphatic rings. The van der Waals surface area contributed by atoms with Crippen LogP contribution >= 0.6 is 23.1 Å². The zero-order valence-corrected chi connectivity index (χ0v) is 20.8. The van der Waals surface area contributed by atoms with Crippen LogP contribution in [0.4, 0.5) is 0 Å². The molecule has 9 heteroatoms. The lowest BCUT2D eigenvalue weighted by Gasteiger charge is -2.15. The van der Waals surface area contributed by atoms with Crippen molar-refractivity contribution in [2.24, 2.45) is 0 Å². The molecule has 0 N–H and O–H groups in total. The van der Waals surface area contributed by atoms with Gasteiger partial charge in [-0.1, -0.05) is 49.9 Å². The van der Waals surface area contributed by atoms with Crippen molar-refractivity contribution in [2.75, 3.05) is 0 Å². The maximum atomic E-state index is 6.19. The normalized spacial score (nSPS) is 12.3. The predicted molar refractivity (Wildman–Crippen MR) is 132 cm³/mol. The number of benzene rings is 1. The summed E-state index contributed by atoms with van der Waals surface area (Å²) in [5, 5.41) is 19.9. The van der Waals surface area contributed by atoms with Crippen LogP contribution in [0.15, 0.2) is 57.9 Å². The van der Waals surface area contributed by atoms with E-state index in [9.17, 15) is 0 Å². The molecule has 1 atom stereocenters. The average molecular weight is 482 g/mol. The van der Waals surface area contributed by atoms with Crippen molar-refractivity contribution in [1.29, 1.82) is 0 Å². The SMILES string of the molecule is C=CCn1c(COc2cc(C)ccc2C(C)C)nnc1SC(C)c1nnc(-c2cccs2)o1. The van der Waals surface area contributed by atoms with Gasteiger partial charge in [-0.3, -0.25) is 4.57 Å². The number of thioether (sulfide) groups is 1. The van der Waals surface area contributed by atoms with Gasteiger partial charge in [-0.25, -0.2) is 0 Å². The Morgan fingerprint density at radius 2 is 2.03 bits per heavy atom. The first-order valence-corrected chi connectivity index (χ1v) is 12.5. The molecule has 4 rings (SSSR count). The number of aromatic nitrogens is 5. The molecule has 3 heterocycles. The molecular formula is C24H27N5O2S2. The molecule has 0 saturated heterocycles. The largest absolute Gasteiger partial charge is 0.485 e. The van der Waals surface area contributed by atoms with Gasteiger partial charge < -0.3 is 9.15 Å². The van der Waals surface area contributed by atoms with Crippen LogP contribution in [0.25, 0.3) is 10.8 Å². The summed E-state index contributed by atoms with van der Waals surface area (Å²) in [7, 11) is 0. The zero-order valence-electron chi connectivity index (χ0n) is 19.2. The first kappa shape index (κ1) is 23.3. The van der Waals surface area contributed by atoms with Gasteiger partial charge in [0.2, 0.25) is 5.89 Å². The van der Waals surface area contributed by atoms with E-state index in [1.54, 1.807) is 11.3 Å². The summed E-state index contributed by atoms with van der Waals surface area (Å²) < 4.78 is 14.1. The molecule has 7 nitrogen and oxygen atoms in total. The van der Waals surface area contributed by atoms with Gasteiger partial charge in [-0.15, -0.1) is 38.3 Å². The monoisotopic (exact) mass is 481 g/mol. The number of hydrogen-bond acceptors (Lipinski definition) is 8. The first-order chi connectivity index (χ1) is 16.0. The average Bonchev–Trinajstić information content (AvgIpc) is 3.54. The topological polar surface area (TPSA) is 78.9 Å². The summed E-state index contributed by atoms with van der Waals surface area (Å²) in [4.78, 5) is 0.956. The molecule has 1 aromatic carbocycles. The fraction of sp³-hybridized carbons (Fsp3) is 0.333. The van der Waals surface area contributed by atoms with Crippen LogP contribution in [0.3, 0.4) is 0 Å². The molecule has 33 heavy (non-hydrogen) atoms. The Morgan fingerprint density at radius 3 is 2.76 bits per heavy atom. The zero-order chi connectivity index (χ0) is 23.4. The van der Waals surface area contributed by atoms with Gasteiger partial charge in [0.1, 0.15) is 12.4 Å². The van der Waals surface area contributed by atoms with Gasteiger partial charge in [-0.05, 0) is 48.4 Å². The van der Waals surface area contributed by atoms with Gasteiger partial charge in [0.05, 0.1) is 10.1 Å². The Kier molecular flexibility index (Phi) is 7.29. The minimum absolute atomic E-state index is 0.0861. The van der Waals surface area contributed by atoms with Crippen LogP contribution in [0, 0.1) is 6.92 Å². The quantitative estimate of drug-likeness (QED) is 0.190. The third kappa shape index (κ3) is 5.36. The van der Waals surface area contributed by atoms with Crippen molar-refractivity contribution < 1.29 is 9.15 Å². The van der Waals surface area contributed by atoms with Gasteiger partial charge in [0.15, 0.2) is 11.0 Å². The molecule has 0 saturated carbocycles. The maximum Gasteiger partial charge on any atom is 0.257 e. The van der Waals surface area contributed by atoms with Crippen molar-refractivity contribution >= 4 is 23.1 Å². The fourth-order valence-corrected chi connectivity index (χ4v) is 4.87. The number of rotatable bonds is 10. The molecular weight excluding hydrogens is 454 g/mol. The van der Waals surface area contributed by atoms with Gasteiger partial charge in [-0.2, -0.15) is 0 Å². The Labute approximate surface area is 201 Å². The molecule has 172 valence electrons. The third-order valence-electron chi connectivity index (χ3n) is 5.06. The molecule has 0 amide bonds. The number of aryl methyl sites for hydroxylation is 1. The minimum atomic E-state index is -0.0861. The Hall–Kier alpha value is -2.91. The molecule has 0 radical (unpaired) electrons. The van der Waals surface area contributed by atoms with E-state index >= 15 is 0 Å². The predicted octanol–water partition coefficient (Wildman–Crippen LogP) is 6.44. The van der Waals surface area contributed by atoms with Gasteiger partial charge >= 0.3 is 0 Å². The molecule has 0 fully saturated rings. The lowest BCUT2D eigenvalue weighted by Crippen LogP contribution is -2.09. The first-order valence-electron chi connectivity index (χ1n) is 10.8. The van der Waals surface area contributed by atoms with Crippen LogP contribution in [0.5, 0.6) is 5.75 Å². The second-order valence-corrected chi connectivity index (χ2v) is 10.2. The van der Waals surface area contributed by atoms with Crippen LogP contribution < -0.4 is 4.74 Å². The van der Waals surface area contributed by atoms with Crippen molar-refractivity contribution in [1.82, 2.24) is 25.0 Å². The summed E-state index contributed by atoms with van der Waals surface area (Å²) in [6.07, 6.45) is 1.83. The van der Waals surface area contributed by atoms with Crippen LogP contribution in [-0.4, -0.2) is 25.0 Å². The molecule has 3 aromatic heterocycles. The number of ether oxygens (including phenoxy) is 1. The summed E-state index contributed by atoms with van der Waals surface area (Å²) in [5.41, 5.74) is 2.34. The van der Waals surface area contributed by atoms with E-state index < -0.39 is 0 Å². The van der Waals surface area contributed by atoms with E-state index in [0.717, 1.165) is 27.2 Å². The van der Waals surface area contributed by atoms with Crippen molar-refractivity contribution in [2.45, 2.75) is 57.2 Å². The van der Waals surface area contributed by atoms with E-state index in [1.165, 1.54) is 17.3 Å². The van der Waals surface area contributed by atoms with E-state index in [4.69, 9.17) is 9.15 Å². The summed E-state index contributed by atoms with van der Waals surface area (Å²) in [5.74, 6) is 3.08. The Morgan fingerprint density at radius 1 is 1.18 bits per heavy atom. The number of thiophene rings is 1. The van der Waals surface area contributed by atoms with E-state index in [1.807, 2.05) is 35.1 Å². The van der Waals surface area contributed by atoms with Gasteiger partial charge in [0, 0.05) is 6.54 Å². The number of hydrogen-bond donors (Lipinski definition) is 0. The highest BCUT2D eigenvalue weighted by atomic mass is 32.2. The van der Waals surface area contributed by atoms with Crippen molar-refractivity contribution in [3.63, 3.8) is 0 Å². The molecule has 0 spiro atoms. The highest BCUT2D eigenvalue weighted by molar-refractivity contribution is 7.99.